The van der Waals surface area contributed by atoms with Gasteiger partial charge in [0, 0.05) is 7.11 Å². The number of amidine groups is 1. The molecule has 0 amide bonds. The van der Waals surface area contributed by atoms with Crippen LogP contribution in [0, 0.1) is 0 Å². The quantitative estimate of drug-likeness (QED) is 0.528. The van der Waals surface area contributed by atoms with Crippen LogP contribution in [-0.4, -0.2) is 25.0 Å². The van der Waals surface area contributed by atoms with Gasteiger partial charge >= 0.3 is 0 Å². The maximum absolute atomic E-state index is 5.42. The van der Waals surface area contributed by atoms with Crippen LogP contribution in [0.2, 0.25) is 0 Å². The number of nitrogens with zero attached hydrogens (tertiary/aromatic N) is 2. The third-order valence-corrected chi connectivity index (χ3v) is 1.37. The molecule has 0 bridgehead atoms. The fourth-order valence-corrected chi connectivity index (χ4v) is 0.544. The van der Waals surface area contributed by atoms with E-state index in [1.54, 1.807) is 14.0 Å². The van der Waals surface area contributed by atoms with Crippen LogP contribution in [-0.2, 0) is 4.74 Å². The number of methoxy groups -OCH3 is 1. The highest BCUT2D eigenvalue weighted by atomic mass is 16.5. The first-order valence-corrected chi connectivity index (χ1v) is 2.61. The average Bonchev–Trinajstić information content (AvgIpc) is 2.15. The Morgan fingerprint density at radius 1 is 1.78 bits per heavy atom. The lowest BCUT2D eigenvalue weighted by Crippen LogP contribution is -2.38. The fraction of sp³-hybridized carbons (Fsp3) is 0.600. The van der Waals surface area contributed by atoms with Crippen molar-refractivity contribution in [1.29, 1.82) is 0 Å². The number of hydrogen-bond acceptors (Lipinski definition) is 4. The van der Waals surface area contributed by atoms with E-state index in [2.05, 4.69) is 9.98 Å². The molecule has 0 aromatic heterocycles. The van der Waals surface area contributed by atoms with E-state index >= 15 is 0 Å². The average molecular weight is 127 g/mol. The van der Waals surface area contributed by atoms with Crippen molar-refractivity contribution in [3.63, 3.8) is 0 Å². The Morgan fingerprint density at radius 3 is 2.67 bits per heavy atom. The van der Waals surface area contributed by atoms with Crippen LogP contribution < -0.4 is 5.73 Å². The largest absolute Gasteiger partial charge is 0.383 e. The summed E-state index contributed by atoms with van der Waals surface area (Å²) in [5.74, 6) is 0.407. The highest BCUT2D eigenvalue weighted by molar-refractivity contribution is 5.98. The number of ether oxygens (including phenoxy) is 1. The molecule has 9 heavy (non-hydrogen) atoms. The summed E-state index contributed by atoms with van der Waals surface area (Å²) in [4.78, 5) is 7.63. The van der Waals surface area contributed by atoms with Gasteiger partial charge in [-0.15, -0.1) is 0 Å². The van der Waals surface area contributed by atoms with Crippen molar-refractivity contribution < 1.29 is 4.74 Å². The van der Waals surface area contributed by atoms with Gasteiger partial charge in [0.25, 0.3) is 0 Å². The predicted octanol–water partition coefficient (Wildman–Crippen LogP) is -0.252. The monoisotopic (exact) mass is 127 g/mol. The summed E-state index contributed by atoms with van der Waals surface area (Å²) in [6.45, 7) is 1.76. The van der Waals surface area contributed by atoms with Gasteiger partial charge in [0.2, 0.25) is 5.72 Å². The maximum Gasteiger partial charge on any atom is 0.215 e. The van der Waals surface area contributed by atoms with E-state index in [0.29, 0.717) is 5.84 Å². The molecular weight excluding hydrogens is 118 g/mol. The molecule has 1 rings (SSSR count). The van der Waals surface area contributed by atoms with Crippen molar-refractivity contribution in [2.75, 3.05) is 7.11 Å². The summed E-state index contributed by atoms with van der Waals surface area (Å²) in [5.41, 5.74) is 4.72. The molecule has 0 saturated carbocycles. The Labute approximate surface area is 53.4 Å². The Morgan fingerprint density at radius 2 is 2.44 bits per heavy atom. The van der Waals surface area contributed by atoms with Gasteiger partial charge in [-0.3, -0.25) is 0 Å². The highest BCUT2D eigenvalue weighted by Gasteiger charge is 2.29. The lowest BCUT2D eigenvalue weighted by molar-refractivity contribution is 0.0762. The zero-order valence-corrected chi connectivity index (χ0v) is 5.46. The first kappa shape index (κ1) is 6.22. The second kappa shape index (κ2) is 1.80. The fourth-order valence-electron chi connectivity index (χ4n) is 0.544. The number of aliphatic imine (C=N–C) groups is 2. The topological polar surface area (TPSA) is 60.0 Å². The van der Waals surface area contributed by atoms with Crippen LogP contribution in [0.15, 0.2) is 9.98 Å². The zero-order valence-electron chi connectivity index (χ0n) is 5.46. The van der Waals surface area contributed by atoms with Gasteiger partial charge in [-0.25, -0.2) is 9.98 Å². The summed E-state index contributed by atoms with van der Waals surface area (Å²) in [6.07, 6.45) is 1.40. The molecule has 1 unspecified atom stereocenters. The lowest BCUT2D eigenvalue weighted by atomic mass is 10.2. The minimum atomic E-state index is -0.708. The Balaban J connectivity index is 2.82. The molecule has 4 nitrogen and oxygen atoms in total. The highest BCUT2D eigenvalue weighted by Crippen LogP contribution is 2.13. The van der Waals surface area contributed by atoms with Crippen molar-refractivity contribution in [2.45, 2.75) is 12.6 Å². The SMILES string of the molecule is COC1(C)N=CN=C1N. The van der Waals surface area contributed by atoms with Crippen LogP contribution in [0.1, 0.15) is 6.92 Å². The maximum atomic E-state index is 5.42. The van der Waals surface area contributed by atoms with Crippen LogP contribution in [0.4, 0.5) is 0 Å². The molecule has 0 spiro atoms. The molecule has 1 aliphatic rings. The zero-order chi connectivity index (χ0) is 6.91. The minimum absolute atomic E-state index is 0.407. The molecule has 1 heterocycles. The second-order valence-electron chi connectivity index (χ2n) is 1.95. The number of hydrogen-bond donors (Lipinski definition) is 1. The summed E-state index contributed by atoms with van der Waals surface area (Å²) in [5, 5.41) is 0. The predicted molar refractivity (Wildman–Crippen MR) is 35.5 cm³/mol. The molecule has 4 heteroatoms. The van der Waals surface area contributed by atoms with Crippen molar-refractivity contribution >= 4 is 12.2 Å². The molecule has 0 aliphatic carbocycles. The van der Waals surface area contributed by atoms with E-state index in [0.717, 1.165) is 0 Å². The summed E-state index contributed by atoms with van der Waals surface area (Å²) >= 11 is 0. The van der Waals surface area contributed by atoms with Crippen molar-refractivity contribution in [3.05, 3.63) is 0 Å². The Hall–Kier alpha value is -0.900. The van der Waals surface area contributed by atoms with Crippen LogP contribution >= 0.6 is 0 Å². The molecule has 0 fully saturated rings. The van der Waals surface area contributed by atoms with E-state index in [-0.39, 0.29) is 0 Å². The molecule has 1 atom stereocenters. The molecule has 0 radical (unpaired) electrons. The molecule has 50 valence electrons. The number of rotatable bonds is 1. The van der Waals surface area contributed by atoms with Crippen LogP contribution in [0.3, 0.4) is 0 Å². The summed E-state index contributed by atoms with van der Waals surface area (Å²) < 4.78 is 4.96. The Kier molecular flexibility index (Phi) is 1.25. The third-order valence-electron chi connectivity index (χ3n) is 1.37. The van der Waals surface area contributed by atoms with E-state index < -0.39 is 5.72 Å². The Bertz CT molecular complexity index is 175. The first-order valence-electron chi connectivity index (χ1n) is 2.61. The van der Waals surface area contributed by atoms with Crippen LogP contribution in [0.5, 0.6) is 0 Å². The normalized spacial score (nSPS) is 32.9. The van der Waals surface area contributed by atoms with E-state index in [1.807, 2.05) is 0 Å². The second-order valence-corrected chi connectivity index (χ2v) is 1.95. The molecular formula is C5H9N3O. The van der Waals surface area contributed by atoms with Gasteiger partial charge in [0.05, 0.1) is 0 Å². The van der Waals surface area contributed by atoms with E-state index in [4.69, 9.17) is 10.5 Å². The van der Waals surface area contributed by atoms with Crippen molar-refractivity contribution in [2.24, 2.45) is 15.7 Å². The van der Waals surface area contributed by atoms with Crippen molar-refractivity contribution in [3.8, 4) is 0 Å². The number of nitrogens with two attached hydrogens (primary N) is 1. The summed E-state index contributed by atoms with van der Waals surface area (Å²) in [6, 6.07) is 0. The van der Waals surface area contributed by atoms with Gasteiger partial charge in [-0.1, -0.05) is 0 Å². The third kappa shape index (κ3) is 0.810. The summed E-state index contributed by atoms with van der Waals surface area (Å²) in [7, 11) is 1.55. The molecule has 1 aliphatic heterocycles. The van der Waals surface area contributed by atoms with Crippen LogP contribution in [0.25, 0.3) is 0 Å². The molecule has 0 aromatic rings. The standard InChI is InChI=1S/C5H9N3O/c1-5(9-2)4(6)7-3-8-5/h3H,1-2H3,(H2,6,7,8). The minimum Gasteiger partial charge on any atom is -0.383 e. The molecule has 0 saturated heterocycles. The van der Waals surface area contributed by atoms with Gasteiger partial charge in [-0.2, -0.15) is 0 Å². The van der Waals surface area contributed by atoms with Gasteiger partial charge in [0.1, 0.15) is 6.34 Å². The van der Waals surface area contributed by atoms with Gasteiger partial charge in [-0.05, 0) is 6.92 Å². The van der Waals surface area contributed by atoms with E-state index in [9.17, 15) is 0 Å². The first-order chi connectivity index (χ1) is 4.19. The van der Waals surface area contributed by atoms with Crippen molar-refractivity contribution in [1.82, 2.24) is 0 Å². The molecule has 0 aromatic carbocycles. The van der Waals surface area contributed by atoms with E-state index in [1.165, 1.54) is 6.34 Å². The lowest BCUT2D eigenvalue weighted by Gasteiger charge is -2.17. The smallest absolute Gasteiger partial charge is 0.215 e. The van der Waals surface area contributed by atoms with Gasteiger partial charge in [0.15, 0.2) is 5.84 Å². The molecule has 2 N–H and O–H groups in total. The van der Waals surface area contributed by atoms with Gasteiger partial charge < -0.3 is 10.5 Å².